The normalized spacial score (nSPS) is 15.9. The Labute approximate surface area is 168 Å². The number of hydrogen-bond donors (Lipinski definition) is 0. The molecule has 0 aromatic heterocycles. The lowest BCUT2D eigenvalue weighted by Crippen LogP contribution is -2.01. The molecule has 1 aromatic rings. The van der Waals surface area contributed by atoms with Gasteiger partial charge in [-0.3, -0.25) is 4.99 Å². The van der Waals surface area contributed by atoms with Crippen molar-refractivity contribution in [3.63, 3.8) is 0 Å². The minimum atomic E-state index is 0.522. The Hall–Kier alpha value is -1.89. The van der Waals surface area contributed by atoms with Crippen LogP contribution in [-0.2, 0) is 0 Å². The van der Waals surface area contributed by atoms with Crippen LogP contribution in [0.4, 0.5) is 0 Å². The molecule has 1 aliphatic carbocycles. The molecule has 27 heavy (non-hydrogen) atoms. The van der Waals surface area contributed by atoms with Crippen molar-refractivity contribution in [2.45, 2.75) is 67.2 Å². The van der Waals surface area contributed by atoms with Gasteiger partial charge in [-0.25, -0.2) is 0 Å². The summed E-state index contributed by atoms with van der Waals surface area (Å²) in [5.41, 5.74) is 5.57. The Morgan fingerprint density at radius 3 is 2.44 bits per heavy atom. The molecule has 1 aromatic carbocycles. The number of nitrogens with zero attached hydrogens (tertiary/aromatic N) is 1. The third-order valence-corrected chi connectivity index (χ3v) is 4.92. The van der Waals surface area contributed by atoms with Crippen molar-refractivity contribution in [3.05, 3.63) is 65.3 Å². The summed E-state index contributed by atoms with van der Waals surface area (Å²) in [5.74, 6) is 1.19. The summed E-state index contributed by atoms with van der Waals surface area (Å²) in [5, 5.41) is 0. The number of rotatable bonds is 8. The average Bonchev–Trinajstić information content (AvgIpc) is 2.72. The van der Waals surface area contributed by atoms with Gasteiger partial charge >= 0.3 is 0 Å². The van der Waals surface area contributed by atoms with E-state index < -0.39 is 0 Å². The molecule has 0 bridgehead atoms. The van der Waals surface area contributed by atoms with Gasteiger partial charge in [-0.1, -0.05) is 102 Å². The molecule has 1 aliphatic rings. The third kappa shape index (κ3) is 8.56. The third-order valence-electron chi connectivity index (χ3n) is 4.92. The fourth-order valence-corrected chi connectivity index (χ4v) is 2.91. The van der Waals surface area contributed by atoms with Gasteiger partial charge in [0, 0.05) is 12.8 Å². The van der Waals surface area contributed by atoms with E-state index in [1.54, 1.807) is 0 Å². The van der Waals surface area contributed by atoms with Crippen LogP contribution in [0.1, 0.15) is 72.8 Å². The van der Waals surface area contributed by atoms with Crippen LogP contribution in [0.15, 0.2) is 64.7 Å². The lowest BCUT2D eigenvalue weighted by molar-refractivity contribution is 0.577. The molecule has 0 amide bonds. The van der Waals surface area contributed by atoms with E-state index in [1.165, 1.54) is 35.1 Å². The van der Waals surface area contributed by atoms with Crippen molar-refractivity contribution in [1.82, 2.24) is 0 Å². The first-order chi connectivity index (χ1) is 13.1. The highest BCUT2D eigenvalue weighted by atomic mass is 14.7. The maximum atomic E-state index is 4.67. The standard InChI is InChI=1S/C24H33N.C2H6/c1-5-20(4)17-25-18-24(19(2)3)15-14-21-10-9-13-23(16-21)22-11-7-6-8-12-22;1-2/h6-8,11-13,15-16,18-20H,5,9-10,14,17H2,1-4H3;1-2H3/b24-15+,25-18?;/t20-;/m1./s1. The topological polar surface area (TPSA) is 12.4 Å². The zero-order valence-electron chi connectivity index (χ0n) is 18.3. The molecule has 0 N–H and O–H groups in total. The molecule has 1 heteroatoms. The Bertz CT molecular complexity index is 644. The van der Waals surface area contributed by atoms with Crippen LogP contribution < -0.4 is 0 Å². The van der Waals surface area contributed by atoms with Crippen molar-refractivity contribution in [1.29, 1.82) is 0 Å². The van der Waals surface area contributed by atoms with E-state index in [0.717, 1.165) is 19.4 Å². The Kier molecular flexibility index (Phi) is 11.4. The fraction of sp³-hybridized carbons (Fsp3) is 0.500. The minimum absolute atomic E-state index is 0.522. The average molecular weight is 366 g/mol. The van der Waals surface area contributed by atoms with Crippen LogP contribution in [0.2, 0.25) is 0 Å². The van der Waals surface area contributed by atoms with Crippen LogP contribution >= 0.6 is 0 Å². The Morgan fingerprint density at radius 1 is 1.11 bits per heavy atom. The molecule has 0 unspecified atom stereocenters. The molecule has 0 fully saturated rings. The van der Waals surface area contributed by atoms with E-state index in [-0.39, 0.29) is 0 Å². The summed E-state index contributed by atoms with van der Waals surface area (Å²) in [6.45, 7) is 13.9. The van der Waals surface area contributed by atoms with Crippen molar-refractivity contribution in [2.75, 3.05) is 6.54 Å². The van der Waals surface area contributed by atoms with Gasteiger partial charge in [0.15, 0.2) is 0 Å². The summed E-state index contributed by atoms with van der Waals surface area (Å²) in [6, 6.07) is 10.7. The highest BCUT2D eigenvalue weighted by Gasteiger charge is 2.08. The van der Waals surface area contributed by atoms with Gasteiger partial charge in [0.05, 0.1) is 0 Å². The smallest absolute Gasteiger partial charge is 0.0414 e. The first kappa shape index (κ1) is 23.1. The van der Waals surface area contributed by atoms with E-state index in [0.29, 0.717) is 11.8 Å². The van der Waals surface area contributed by atoms with Gasteiger partial charge in [0.1, 0.15) is 0 Å². The molecule has 0 saturated carbocycles. The number of aliphatic imine (C=N–C) groups is 1. The first-order valence-corrected chi connectivity index (χ1v) is 10.7. The van der Waals surface area contributed by atoms with Crippen LogP contribution in [-0.4, -0.2) is 12.8 Å². The number of benzene rings is 1. The molecule has 2 rings (SSSR count). The first-order valence-electron chi connectivity index (χ1n) is 10.7. The number of allylic oxidation sites excluding steroid dienone is 6. The van der Waals surface area contributed by atoms with E-state index in [9.17, 15) is 0 Å². The van der Waals surface area contributed by atoms with Crippen LogP contribution in [0.25, 0.3) is 5.57 Å². The number of hydrogen-bond acceptors (Lipinski definition) is 1. The fourth-order valence-electron chi connectivity index (χ4n) is 2.91. The van der Waals surface area contributed by atoms with Gasteiger partial charge in [0.25, 0.3) is 0 Å². The molecule has 1 nitrogen and oxygen atoms in total. The summed E-state index contributed by atoms with van der Waals surface area (Å²) in [6.07, 6.45) is 13.8. The van der Waals surface area contributed by atoms with Crippen LogP contribution in [0.3, 0.4) is 0 Å². The molecule has 0 saturated heterocycles. The highest BCUT2D eigenvalue weighted by Crippen LogP contribution is 2.27. The SMILES string of the molecule is CC.CC[C@@H](C)CN=C/C(=C\CC1=CC(c2ccccc2)=CCC1)C(C)C. The molecular formula is C26H39N. The quantitative estimate of drug-likeness (QED) is 0.415. The van der Waals surface area contributed by atoms with E-state index in [2.05, 4.69) is 87.5 Å². The van der Waals surface area contributed by atoms with Crippen LogP contribution in [0.5, 0.6) is 0 Å². The van der Waals surface area contributed by atoms with E-state index >= 15 is 0 Å². The molecule has 0 radical (unpaired) electrons. The molecule has 0 heterocycles. The van der Waals surface area contributed by atoms with Gasteiger partial charge in [-0.05, 0) is 47.8 Å². The largest absolute Gasteiger partial charge is 0.293 e. The second-order valence-electron chi connectivity index (χ2n) is 7.44. The van der Waals surface area contributed by atoms with Gasteiger partial charge < -0.3 is 0 Å². The second-order valence-corrected chi connectivity index (χ2v) is 7.44. The lowest BCUT2D eigenvalue weighted by Gasteiger charge is -2.14. The highest BCUT2D eigenvalue weighted by molar-refractivity contribution is 5.79. The monoisotopic (exact) mass is 365 g/mol. The summed E-state index contributed by atoms with van der Waals surface area (Å²) in [7, 11) is 0. The van der Waals surface area contributed by atoms with Gasteiger partial charge in [0.2, 0.25) is 0 Å². The Balaban J connectivity index is 0.00000176. The van der Waals surface area contributed by atoms with Gasteiger partial charge in [-0.2, -0.15) is 0 Å². The Morgan fingerprint density at radius 2 is 1.81 bits per heavy atom. The molecule has 0 aliphatic heterocycles. The zero-order valence-corrected chi connectivity index (χ0v) is 18.3. The van der Waals surface area contributed by atoms with E-state index in [1.807, 2.05) is 13.8 Å². The maximum absolute atomic E-state index is 4.67. The molecule has 0 spiro atoms. The summed E-state index contributed by atoms with van der Waals surface area (Å²) >= 11 is 0. The summed E-state index contributed by atoms with van der Waals surface area (Å²) < 4.78 is 0. The lowest BCUT2D eigenvalue weighted by atomic mass is 9.92. The zero-order chi connectivity index (χ0) is 20.1. The minimum Gasteiger partial charge on any atom is -0.293 e. The molecular weight excluding hydrogens is 326 g/mol. The molecule has 148 valence electrons. The molecule has 1 atom stereocenters. The van der Waals surface area contributed by atoms with Crippen molar-refractivity contribution >= 4 is 11.8 Å². The predicted molar refractivity (Wildman–Crippen MR) is 123 cm³/mol. The predicted octanol–water partition coefficient (Wildman–Crippen LogP) is 7.91. The van der Waals surface area contributed by atoms with Crippen LogP contribution in [0, 0.1) is 11.8 Å². The van der Waals surface area contributed by atoms with Gasteiger partial charge in [-0.15, -0.1) is 0 Å². The summed E-state index contributed by atoms with van der Waals surface area (Å²) in [4.78, 5) is 4.67. The maximum Gasteiger partial charge on any atom is 0.0414 e. The van der Waals surface area contributed by atoms with E-state index in [4.69, 9.17) is 0 Å². The van der Waals surface area contributed by atoms with Crippen molar-refractivity contribution in [2.24, 2.45) is 16.8 Å². The van der Waals surface area contributed by atoms with Crippen molar-refractivity contribution < 1.29 is 0 Å². The van der Waals surface area contributed by atoms with Crippen molar-refractivity contribution in [3.8, 4) is 0 Å². The second kappa shape index (κ2) is 13.3.